The van der Waals surface area contributed by atoms with E-state index in [9.17, 15) is 9.59 Å². The van der Waals surface area contributed by atoms with Gasteiger partial charge in [0.2, 0.25) is 7.85 Å². The highest BCUT2D eigenvalue weighted by molar-refractivity contribution is 6.57. The van der Waals surface area contributed by atoms with Crippen LogP contribution in [0.25, 0.3) is 0 Å². The summed E-state index contributed by atoms with van der Waals surface area (Å²) in [6.45, 7) is 1.18. The Morgan fingerprint density at radius 1 is 1.00 bits per heavy atom. The molecule has 0 saturated carbocycles. The SMILES string of the molecule is [B]C(=O)NCc1ccc(NCCOC(=O)c2ccccc2)cc1. The number of amides is 1. The van der Waals surface area contributed by atoms with Gasteiger partial charge in [0.05, 0.1) is 5.56 Å². The third-order valence-electron chi connectivity index (χ3n) is 3.09. The highest BCUT2D eigenvalue weighted by Crippen LogP contribution is 2.09. The van der Waals surface area contributed by atoms with Crippen molar-refractivity contribution in [2.24, 2.45) is 0 Å². The summed E-state index contributed by atoms with van der Waals surface area (Å²) < 4.78 is 5.18. The number of hydrogen-bond acceptors (Lipinski definition) is 4. The molecule has 2 N–H and O–H groups in total. The average Bonchev–Trinajstić information content (AvgIpc) is 2.58. The van der Waals surface area contributed by atoms with Crippen molar-refractivity contribution >= 4 is 25.3 Å². The molecule has 0 spiro atoms. The molecule has 0 aliphatic heterocycles. The maximum Gasteiger partial charge on any atom is 0.338 e. The van der Waals surface area contributed by atoms with E-state index in [0.717, 1.165) is 11.3 Å². The Morgan fingerprint density at radius 2 is 1.70 bits per heavy atom. The van der Waals surface area contributed by atoms with Crippen LogP contribution in [0.3, 0.4) is 0 Å². The molecule has 23 heavy (non-hydrogen) atoms. The van der Waals surface area contributed by atoms with E-state index in [1.165, 1.54) is 0 Å². The minimum Gasteiger partial charge on any atom is -0.460 e. The summed E-state index contributed by atoms with van der Waals surface area (Å²) >= 11 is 0. The maximum absolute atomic E-state index is 11.7. The fraction of sp³-hybridized carbons (Fsp3) is 0.176. The summed E-state index contributed by atoms with van der Waals surface area (Å²) in [7, 11) is 5.01. The van der Waals surface area contributed by atoms with Crippen molar-refractivity contribution in [2.45, 2.75) is 6.54 Å². The first-order valence-corrected chi connectivity index (χ1v) is 7.23. The molecule has 0 atom stereocenters. The van der Waals surface area contributed by atoms with E-state index in [1.54, 1.807) is 24.3 Å². The van der Waals surface area contributed by atoms with Gasteiger partial charge in [-0.1, -0.05) is 30.3 Å². The third kappa shape index (κ3) is 5.86. The van der Waals surface area contributed by atoms with Gasteiger partial charge in [0.1, 0.15) is 6.61 Å². The molecule has 2 aromatic rings. The number of rotatable bonds is 7. The fourth-order valence-corrected chi connectivity index (χ4v) is 1.93. The van der Waals surface area contributed by atoms with Crippen molar-refractivity contribution in [2.75, 3.05) is 18.5 Å². The van der Waals surface area contributed by atoms with Crippen LogP contribution in [0.1, 0.15) is 15.9 Å². The van der Waals surface area contributed by atoms with Crippen LogP contribution >= 0.6 is 0 Å². The number of nitrogens with one attached hydrogen (secondary N) is 2. The molecule has 0 aromatic heterocycles. The van der Waals surface area contributed by atoms with Gasteiger partial charge < -0.3 is 15.4 Å². The first-order chi connectivity index (χ1) is 11.1. The predicted molar refractivity (Wildman–Crippen MR) is 89.6 cm³/mol. The number of carbonyl (C=O) groups excluding carboxylic acids is 2. The molecule has 0 unspecified atom stereocenters. The summed E-state index contributed by atoms with van der Waals surface area (Å²) in [5, 5.41) is 5.68. The molecule has 2 radical (unpaired) electrons. The van der Waals surface area contributed by atoms with E-state index in [2.05, 4.69) is 10.6 Å². The molecular formula is C17H17BN2O3. The van der Waals surface area contributed by atoms with Gasteiger partial charge in [0.15, 0.2) is 5.81 Å². The highest BCUT2D eigenvalue weighted by Gasteiger charge is 2.05. The molecule has 1 amide bonds. The Morgan fingerprint density at radius 3 is 2.35 bits per heavy atom. The lowest BCUT2D eigenvalue weighted by Gasteiger charge is -2.09. The summed E-state index contributed by atoms with van der Waals surface area (Å²) in [5.74, 6) is -0.882. The van der Waals surface area contributed by atoms with Crippen molar-refractivity contribution in [3.8, 4) is 0 Å². The molecule has 0 saturated heterocycles. The van der Waals surface area contributed by atoms with Crippen LogP contribution in [-0.4, -0.2) is 32.8 Å². The Labute approximate surface area is 136 Å². The highest BCUT2D eigenvalue weighted by atomic mass is 16.5. The molecule has 0 heterocycles. The van der Waals surface area contributed by atoms with Gasteiger partial charge in [0, 0.05) is 18.8 Å². The zero-order chi connectivity index (χ0) is 16.5. The van der Waals surface area contributed by atoms with Gasteiger partial charge in [-0.2, -0.15) is 0 Å². The lowest BCUT2D eigenvalue weighted by Crippen LogP contribution is -2.20. The van der Waals surface area contributed by atoms with Gasteiger partial charge >= 0.3 is 5.97 Å². The molecule has 0 aliphatic carbocycles. The third-order valence-corrected chi connectivity index (χ3v) is 3.09. The number of benzene rings is 2. The quantitative estimate of drug-likeness (QED) is 0.468. The summed E-state index contributed by atoms with van der Waals surface area (Å²) in [6, 6.07) is 16.4. The molecule has 2 aromatic carbocycles. The second-order valence-corrected chi connectivity index (χ2v) is 4.84. The van der Waals surface area contributed by atoms with E-state index < -0.39 is 5.81 Å². The Kier molecular flexibility index (Phi) is 6.23. The van der Waals surface area contributed by atoms with E-state index >= 15 is 0 Å². The molecular weight excluding hydrogens is 291 g/mol. The number of hydrogen-bond donors (Lipinski definition) is 2. The maximum atomic E-state index is 11.7. The van der Waals surface area contributed by atoms with Crippen LogP contribution in [0.4, 0.5) is 10.5 Å². The lowest BCUT2D eigenvalue weighted by atomic mass is 10.1. The zero-order valence-corrected chi connectivity index (χ0v) is 12.6. The lowest BCUT2D eigenvalue weighted by molar-refractivity contribution is 0.0520. The van der Waals surface area contributed by atoms with Gasteiger partial charge in [-0.05, 0) is 29.8 Å². The minimum absolute atomic E-state index is 0.276. The molecule has 5 nitrogen and oxygen atoms in total. The molecule has 0 fully saturated rings. The Bertz CT molecular complexity index is 645. The number of anilines is 1. The van der Waals surface area contributed by atoms with Crippen LogP contribution in [0.2, 0.25) is 0 Å². The summed E-state index contributed by atoms with van der Waals surface area (Å²) in [6.07, 6.45) is 0. The van der Waals surface area contributed by atoms with E-state index in [4.69, 9.17) is 12.6 Å². The second kappa shape index (κ2) is 8.63. The Hall–Kier alpha value is -2.76. The molecule has 2 rings (SSSR count). The van der Waals surface area contributed by atoms with Crippen molar-refractivity contribution < 1.29 is 14.3 Å². The zero-order valence-electron chi connectivity index (χ0n) is 12.6. The van der Waals surface area contributed by atoms with Gasteiger partial charge in [-0.25, -0.2) is 4.79 Å². The van der Waals surface area contributed by atoms with Crippen molar-refractivity contribution in [1.82, 2.24) is 5.32 Å². The standard InChI is InChI=1S/C17H17BN2O3/c18-17(22)20-12-13-6-8-15(9-7-13)19-10-11-23-16(21)14-4-2-1-3-5-14/h1-9,19H,10-12H2,(H,20,22). The minimum atomic E-state index is -0.549. The molecule has 0 bridgehead atoms. The summed E-state index contributed by atoms with van der Waals surface area (Å²) in [4.78, 5) is 22.4. The molecule has 0 aliphatic rings. The van der Waals surface area contributed by atoms with Crippen LogP contribution in [0, 0.1) is 0 Å². The van der Waals surface area contributed by atoms with Crippen molar-refractivity contribution in [3.05, 3.63) is 65.7 Å². The summed E-state index contributed by atoms with van der Waals surface area (Å²) in [5.41, 5.74) is 2.40. The largest absolute Gasteiger partial charge is 0.460 e. The van der Waals surface area contributed by atoms with Crippen LogP contribution in [0.5, 0.6) is 0 Å². The van der Waals surface area contributed by atoms with E-state index in [1.807, 2.05) is 30.3 Å². The molecule has 6 heteroatoms. The normalized spacial score (nSPS) is 9.91. The number of ether oxygens (including phenoxy) is 1. The van der Waals surface area contributed by atoms with Crippen molar-refractivity contribution in [1.29, 1.82) is 0 Å². The average molecular weight is 308 g/mol. The second-order valence-electron chi connectivity index (χ2n) is 4.84. The van der Waals surface area contributed by atoms with Gasteiger partial charge in [-0.15, -0.1) is 0 Å². The smallest absolute Gasteiger partial charge is 0.338 e. The first kappa shape index (κ1) is 16.6. The van der Waals surface area contributed by atoms with E-state index in [0.29, 0.717) is 18.7 Å². The van der Waals surface area contributed by atoms with Crippen molar-refractivity contribution in [3.63, 3.8) is 0 Å². The monoisotopic (exact) mass is 308 g/mol. The fourth-order valence-electron chi connectivity index (χ4n) is 1.93. The number of carbonyl (C=O) groups is 2. The topological polar surface area (TPSA) is 67.4 Å². The van der Waals surface area contributed by atoms with Crippen LogP contribution in [0.15, 0.2) is 54.6 Å². The number of esters is 1. The van der Waals surface area contributed by atoms with Gasteiger partial charge in [0.25, 0.3) is 0 Å². The predicted octanol–water partition coefficient (Wildman–Crippen LogP) is 2.33. The van der Waals surface area contributed by atoms with Gasteiger partial charge in [-0.3, -0.25) is 4.79 Å². The first-order valence-electron chi connectivity index (χ1n) is 7.23. The molecule has 116 valence electrons. The van der Waals surface area contributed by atoms with Crippen LogP contribution < -0.4 is 10.6 Å². The van der Waals surface area contributed by atoms with E-state index in [-0.39, 0.29) is 12.6 Å². The van der Waals surface area contributed by atoms with Crippen LogP contribution in [-0.2, 0) is 11.3 Å². The Balaban J connectivity index is 1.70.